The van der Waals surface area contributed by atoms with Gasteiger partial charge in [-0.3, -0.25) is 0 Å². The van der Waals surface area contributed by atoms with Gasteiger partial charge in [0, 0.05) is 34.5 Å². The van der Waals surface area contributed by atoms with Gasteiger partial charge in [-0.15, -0.1) is 0 Å². The van der Waals surface area contributed by atoms with Crippen LogP contribution in [0.25, 0.3) is 10.8 Å². The Hall–Kier alpha value is -1.66. The number of carbonyl (C=O) groups is 1. The molecule has 0 saturated carbocycles. The standard InChI is InChI=1S/C14H13BrN2O3/c15-11-3-1-2-10-9(11)4-6-16-12(10)17-14(13(18)19)5-7-20-8-14/h1-4,6H,5,7-8H2,(H,16,17)(H,18,19). The van der Waals surface area contributed by atoms with E-state index in [0.717, 1.165) is 15.2 Å². The number of anilines is 1. The molecule has 0 aliphatic carbocycles. The predicted octanol–water partition coefficient (Wildman–Crippen LogP) is 2.65. The number of pyridine rings is 1. The first-order chi connectivity index (χ1) is 9.62. The summed E-state index contributed by atoms with van der Waals surface area (Å²) >= 11 is 3.49. The molecule has 0 amide bonds. The molecule has 2 heterocycles. The lowest BCUT2D eigenvalue weighted by Crippen LogP contribution is -2.47. The molecular formula is C14H13BrN2O3. The molecule has 1 aromatic carbocycles. The molecule has 1 saturated heterocycles. The number of fused-ring (bicyclic) bond motifs is 1. The first kappa shape index (κ1) is 13.3. The highest BCUT2D eigenvalue weighted by Crippen LogP contribution is 2.31. The largest absolute Gasteiger partial charge is 0.479 e. The van der Waals surface area contributed by atoms with Gasteiger partial charge in [-0.1, -0.05) is 28.1 Å². The molecule has 0 spiro atoms. The molecule has 2 N–H and O–H groups in total. The number of nitrogens with zero attached hydrogens (tertiary/aromatic N) is 1. The van der Waals surface area contributed by atoms with Crippen LogP contribution in [-0.2, 0) is 9.53 Å². The summed E-state index contributed by atoms with van der Waals surface area (Å²) in [6.07, 6.45) is 2.09. The third-order valence-electron chi connectivity index (χ3n) is 3.54. The van der Waals surface area contributed by atoms with E-state index in [-0.39, 0.29) is 6.61 Å². The first-order valence-corrected chi connectivity index (χ1v) is 7.04. The molecule has 3 rings (SSSR count). The van der Waals surface area contributed by atoms with Crippen molar-refractivity contribution in [1.29, 1.82) is 0 Å². The lowest BCUT2D eigenvalue weighted by Gasteiger charge is -2.25. The van der Waals surface area contributed by atoms with Gasteiger partial charge in [-0.2, -0.15) is 0 Å². The number of halogens is 1. The summed E-state index contributed by atoms with van der Waals surface area (Å²) in [5, 5.41) is 14.4. The van der Waals surface area contributed by atoms with E-state index in [4.69, 9.17) is 4.74 Å². The van der Waals surface area contributed by atoms with Crippen molar-refractivity contribution < 1.29 is 14.6 Å². The molecule has 1 aromatic heterocycles. The highest BCUT2D eigenvalue weighted by molar-refractivity contribution is 9.10. The maximum Gasteiger partial charge on any atom is 0.331 e. The van der Waals surface area contributed by atoms with Crippen LogP contribution in [0.2, 0.25) is 0 Å². The number of rotatable bonds is 3. The van der Waals surface area contributed by atoms with Crippen LogP contribution in [0.15, 0.2) is 34.9 Å². The summed E-state index contributed by atoms with van der Waals surface area (Å²) in [7, 11) is 0. The fraction of sp³-hybridized carbons (Fsp3) is 0.286. The Labute approximate surface area is 124 Å². The van der Waals surface area contributed by atoms with Crippen molar-refractivity contribution in [3.63, 3.8) is 0 Å². The summed E-state index contributed by atoms with van der Waals surface area (Å²) in [6, 6.07) is 7.65. The SMILES string of the molecule is O=C(O)C1(Nc2nccc3c(Br)cccc23)CCOC1. The highest BCUT2D eigenvalue weighted by atomic mass is 79.9. The molecule has 5 nitrogen and oxygen atoms in total. The van der Waals surface area contributed by atoms with Crippen LogP contribution in [0.4, 0.5) is 5.82 Å². The molecule has 1 aliphatic rings. The van der Waals surface area contributed by atoms with E-state index >= 15 is 0 Å². The van der Waals surface area contributed by atoms with Gasteiger partial charge in [0.05, 0.1) is 6.61 Å². The van der Waals surface area contributed by atoms with Crippen molar-refractivity contribution in [2.75, 3.05) is 18.5 Å². The Morgan fingerprint density at radius 2 is 2.25 bits per heavy atom. The lowest BCUT2D eigenvalue weighted by molar-refractivity contribution is -0.142. The Bertz CT molecular complexity index is 669. The van der Waals surface area contributed by atoms with Gasteiger partial charge in [-0.25, -0.2) is 9.78 Å². The van der Waals surface area contributed by atoms with Crippen molar-refractivity contribution in [3.05, 3.63) is 34.9 Å². The lowest BCUT2D eigenvalue weighted by atomic mass is 9.98. The van der Waals surface area contributed by atoms with Gasteiger partial charge in [-0.05, 0) is 12.1 Å². The van der Waals surface area contributed by atoms with E-state index in [1.165, 1.54) is 0 Å². The zero-order chi connectivity index (χ0) is 14.2. The van der Waals surface area contributed by atoms with Crippen molar-refractivity contribution in [3.8, 4) is 0 Å². The molecule has 1 aliphatic heterocycles. The number of carboxylic acid groups (broad SMARTS) is 1. The van der Waals surface area contributed by atoms with Crippen molar-refractivity contribution in [1.82, 2.24) is 4.98 Å². The molecule has 20 heavy (non-hydrogen) atoms. The number of ether oxygens (including phenoxy) is 1. The quantitative estimate of drug-likeness (QED) is 0.901. The molecule has 0 bridgehead atoms. The molecular weight excluding hydrogens is 324 g/mol. The molecule has 1 unspecified atom stereocenters. The fourth-order valence-electron chi connectivity index (χ4n) is 2.38. The summed E-state index contributed by atoms with van der Waals surface area (Å²) in [5.74, 6) is -0.347. The number of carboxylic acids is 1. The van der Waals surface area contributed by atoms with E-state index in [1.54, 1.807) is 6.20 Å². The van der Waals surface area contributed by atoms with E-state index in [9.17, 15) is 9.90 Å². The summed E-state index contributed by atoms with van der Waals surface area (Å²) in [5.41, 5.74) is -1.09. The van der Waals surface area contributed by atoms with E-state index in [2.05, 4.69) is 26.2 Å². The van der Waals surface area contributed by atoms with Gasteiger partial charge in [0.1, 0.15) is 5.82 Å². The van der Waals surface area contributed by atoms with E-state index < -0.39 is 11.5 Å². The van der Waals surface area contributed by atoms with E-state index in [0.29, 0.717) is 18.8 Å². The Balaban J connectivity index is 2.07. The minimum Gasteiger partial charge on any atom is -0.479 e. The van der Waals surface area contributed by atoms with Crippen molar-refractivity contribution in [2.24, 2.45) is 0 Å². The molecule has 6 heteroatoms. The van der Waals surface area contributed by atoms with Crippen molar-refractivity contribution in [2.45, 2.75) is 12.0 Å². The number of hydrogen-bond donors (Lipinski definition) is 2. The molecule has 2 aromatic rings. The Morgan fingerprint density at radius 3 is 2.95 bits per heavy atom. The van der Waals surface area contributed by atoms with Crippen LogP contribution in [0.1, 0.15) is 6.42 Å². The Kier molecular flexibility index (Phi) is 3.35. The van der Waals surface area contributed by atoms with Gasteiger partial charge in [0.25, 0.3) is 0 Å². The minimum absolute atomic E-state index is 0.147. The summed E-state index contributed by atoms with van der Waals surface area (Å²) < 4.78 is 6.20. The fourth-order valence-corrected chi connectivity index (χ4v) is 2.88. The number of hydrogen-bond acceptors (Lipinski definition) is 4. The van der Waals surface area contributed by atoms with Gasteiger partial charge >= 0.3 is 5.97 Å². The first-order valence-electron chi connectivity index (χ1n) is 6.25. The van der Waals surface area contributed by atoms with E-state index in [1.807, 2.05) is 24.3 Å². The normalized spacial score (nSPS) is 22.1. The topological polar surface area (TPSA) is 71.5 Å². The average Bonchev–Trinajstić information content (AvgIpc) is 2.90. The number of aliphatic carboxylic acids is 1. The van der Waals surface area contributed by atoms with Gasteiger partial charge in [0.15, 0.2) is 5.54 Å². The maximum absolute atomic E-state index is 11.6. The predicted molar refractivity (Wildman–Crippen MR) is 78.9 cm³/mol. The minimum atomic E-state index is -1.09. The zero-order valence-electron chi connectivity index (χ0n) is 10.6. The summed E-state index contributed by atoms with van der Waals surface area (Å²) in [4.78, 5) is 15.8. The third-order valence-corrected chi connectivity index (χ3v) is 4.23. The Morgan fingerprint density at radius 1 is 1.40 bits per heavy atom. The van der Waals surface area contributed by atoms with Crippen LogP contribution in [0.3, 0.4) is 0 Å². The number of benzene rings is 1. The van der Waals surface area contributed by atoms with Crippen LogP contribution in [0.5, 0.6) is 0 Å². The second-order valence-electron chi connectivity index (χ2n) is 4.81. The zero-order valence-corrected chi connectivity index (χ0v) is 12.2. The van der Waals surface area contributed by atoms with Crippen LogP contribution < -0.4 is 5.32 Å². The summed E-state index contributed by atoms with van der Waals surface area (Å²) in [6.45, 7) is 0.585. The van der Waals surface area contributed by atoms with Gasteiger partial charge < -0.3 is 15.2 Å². The van der Waals surface area contributed by atoms with Crippen molar-refractivity contribution >= 4 is 38.5 Å². The van der Waals surface area contributed by atoms with Gasteiger partial charge in [0.2, 0.25) is 0 Å². The van der Waals surface area contributed by atoms with Crippen LogP contribution >= 0.6 is 15.9 Å². The van der Waals surface area contributed by atoms with Crippen LogP contribution in [-0.4, -0.2) is 34.8 Å². The second-order valence-corrected chi connectivity index (χ2v) is 5.66. The highest BCUT2D eigenvalue weighted by Gasteiger charge is 2.43. The third kappa shape index (κ3) is 2.14. The molecule has 1 fully saturated rings. The molecule has 0 radical (unpaired) electrons. The number of nitrogens with one attached hydrogen (secondary N) is 1. The number of aromatic nitrogens is 1. The molecule has 104 valence electrons. The molecule has 1 atom stereocenters. The second kappa shape index (κ2) is 5.03. The monoisotopic (exact) mass is 336 g/mol. The maximum atomic E-state index is 11.6. The van der Waals surface area contributed by atoms with Crippen LogP contribution in [0, 0.1) is 0 Å². The average molecular weight is 337 g/mol. The smallest absolute Gasteiger partial charge is 0.331 e.